The summed E-state index contributed by atoms with van der Waals surface area (Å²) in [5.41, 5.74) is 0.106. The first-order chi connectivity index (χ1) is 5.63. The van der Waals surface area contributed by atoms with E-state index in [0.29, 0.717) is 5.02 Å². The van der Waals surface area contributed by atoms with Crippen LogP contribution in [0.1, 0.15) is 30.7 Å². The van der Waals surface area contributed by atoms with Crippen molar-refractivity contribution in [1.82, 2.24) is 0 Å². The highest BCUT2D eigenvalue weighted by Crippen LogP contribution is 2.56. The molecule has 0 aromatic carbocycles. The molecule has 1 heterocycles. The van der Waals surface area contributed by atoms with Crippen molar-refractivity contribution in [2.24, 2.45) is 5.41 Å². The molecule has 0 amide bonds. The summed E-state index contributed by atoms with van der Waals surface area (Å²) in [4.78, 5) is 0.927. The van der Waals surface area contributed by atoms with E-state index in [-0.39, 0.29) is 11.5 Å². The number of aliphatic hydroxyl groups excluding tert-OH is 1. The molecule has 1 fully saturated rings. The minimum absolute atomic E-state index is 0.106. The molecule has 1 N–H and O–H groups in total. The van der Waals surface area contributed by atoms with E-state index in [2.05, 4.69) is 6.92 Å². The van der Waals surface area contributed by atoms with Crippen LogP contribution in [-0.4, -0.2) is 5.11 Å². The zero-order valence-corrected chi connectivity index (χ0v) is 8.45. The molecular formula is C9H11ClOS. The van der Waals surface area contributed by atoms with Gasteiger partial charge in [-0.3, -0.25) is 0 Å². The van der Waals surface area contributed by atoms with E-state index in [1.54, 1.807) is 11.3 Å². The van der Waals surface area contributed by atoms with E-state index < -0.39 is 0 Å². The third kappa shape index (κ3) is 1.28. The van der Waals surface area contributed by atoms with Crippen molar-refractivity contribution in [3.8, 4) is 0 Å². The number of hydrogen-bond donors (Lipinski definition) is 1. The van der Waals surface area contributed by atoms with Crippen LogP contribution in [0.4, 0.5) is 0 Å². The fraction of sp³-hybridized carbons (Fsp3) is 0.556. The molecule has 1 nitrogen and oxygen atoms in total. The number of hydrogen-bond acceptors (Lipinski definition) is 2. The SMILES string of the molecule is CC1(C(O)c2sccc2Cl)CC1. The zero-order chi connectivity index (χ0) is 8.77. The van der Waals surface area contributed by atoms with E-state index in [0.717, 1.165) is 17.7 Å². The van der Waals surface area contributed by atoms with Crippen molar-refractivity contribution < 1.29 is 5.11 Å². The van der Waals surface area contributed by atoms with E-state index in [4.69, 9.17) is 11.6 Å². The molecule has 1 aliphatic rings. The van der Waals surface area contributed by atoms with Gasteiger partial charge in [-0.2, -0.15) is 0 Å². The van der Waals surface area contributed by atoms with Gasteiger partial charge >= 0.3 is 0 Å². The maximum atomic E-state index is 9.92. The van der Waals surface area contributed by atoms with Crippen LogP contribution in [0.2, 0.25) is 5.02 Å². The molecule has 1 unspecified atom stereocenters. The Labute approximate surface area is 81.0 Å². The van der Waals surface area contributed by atoms with Crippen LogP contribution in [-0.2, 0) is 0 Å². The van der Waals surface area contributed by atoms with Gasteiger partial charge in [0, 0.05) is 0 Å². The standard InChI is InChI=1S/C9H11ClOS/c1-9(3-4-9)8(11)7-6(10)2-5-12-7/h2,5,8,11H,3-4H2,1H3. The van der Waals surface area contributed by atoms with Crippen LogP contribution >= 0.6 is 22.9 Å². The average Bonchev–Trinajstić information content (AvgIpc) is 2.63. The number of thiophene rings is 1. The van der Waals surface area contributed by atoms with Crippen molar-refractivity contribution in [2.45, 2.75) is 25.9 Å². The van der Waals surface area contributed by atoms with Crippen molar-refractivity contribution >= 4 is 22.9 Å². The maximum absolute atomic E-state index is 9.92. The Bertz CT molecular complexity index is 290. The van der Waals surface area contributed by atoms with Gasteiger partial charge in [-0.1, -0.05) is 18.5 Å². The van der Waals surface area contributed by atoms with Crippen LogP contribution in [0.15, 0.2) is 11.4 Å². The molecule has 0 aliphatic heterocycles. The molecular weight excluding hydrogens is 192 g/mol. The largest absolute Gasteiger partial charge is 0.387 e. The Morgan fingerprint density at radius 3 is 2.75 bits per heavy atom. The fourth-order valence-electron chi connectivity index (χ4n) is 1.29. The summed E-state index contributed by atoms with van der Waals surface area (Å²) >= 11 is 7.46. The first-order valence-corrected chi connectivity index (χ1v) is 5.30. The van der Waals surface area contributed by atoms with Gasteiger partial charge in [-0.25, -0.2) is 0 Å². The van der Waals surface area contributed by atoms with Gasteiger partial charge in [0.2, 0.25) is 0 Å². The Morgan fingerprint density at radius 2 is 2.33 bits per heavy atom. The van der Waals surface area contributed by atoms with Crippen molar-refractivity contribution in [3.05, 3.63) is 21.3 Å². The van der Waals surface area contributed by atoms with Gasteiger partial charge < -0.3 is 5.11 Å². The molecule has 1 saturated carbocycles. The molecule has 0 radical (unpaired) electrons. The van der Waals surface area contributed by atoms with Crippen molar-refractivity contribution in [2.75, 3.05) is 0 Å². The summed E-state index contributed by atoms with van der Waals surface area (Å²) in [6, 6.07) is 1.84. The summed E-state index contributed by atoms with van der Waals surface area (Å²) in [5, 5.41) is 12.5. The Balaban J connectivity index is 2.25. The van der Waals surface area contributed by atoms with Gasteiger partial charge in [0.1, 0.15) is 0 Å². The van der Waals surface area contributed by atoms with Gasteiger partial charge in [0.05, 0.1) is 16.0 Å². The van der Waals surface area contributed by atoms with Crippen LogP contribution in [0.5, 0.6) is 0 Å². The highest BCUT2D eigenvalue weighted by molar-refractivity contribution is 7.10. The van der Waals surface area contributed by atoms with Crippen LogP contribution in [0.3, 0.4) is 0 Å². The minimum Gasteiger partial charge on any atom is -0.387 e. The third-order valence-corrected chi connectivity index (χ3v) is 4.00. The highest BCUT2D eigenvalue weighted by Gasteiger charge is 2.45. The first kappa shape index (κ1) is 8.54. The van der Waals surface area contributed by atoms with Crippen LogP contribution in [0.25, 0.3) is 0 Å². The smallest absolute Gasteiger partial charge is 0.0950 e. The lowest BCUT2D eigenvalue weighted by atomic mass is 10.0. The van der Waals surface area contributed by atoms with Crippen LogP contribution in [0, 0.1) is 5.41 Å². The van der Waals surface area contributed by atoms with E-state index >= 15 is 0 Å². The van der Waals surface area contributed by atoms with E-state index in [1.807, 2.05) is 11.4 Å². The Morgan fingerprint density at radius 1 is 1.67 bits per heavy atom. The lowest BCUT2D eigenvalue weighted by Crippen LogP contribution is -2.08. The second kappa shape index (κ2) is 2.72. The molecule has 1 atom stereocenters. The molecule has 0 bridgehead atoms. The quantitative estimate of drug-likeness (QED) is 0.781. The number of aliphatic hydroxyl groups is 1. The van der Waals surface area contributed by atoms with Crippen molar-refractivity contribution in [3.63, 3.8) is 0 Å². The predicted molar refractivity (Wildman–Crippen MR) is 51.6 cm³/mol. The second-order valence-electron chi connectivity index (χ2n) is 3.69. The summed E-state index contributed by atoms with van der Waals surface area (Å²) in [5.74, 6) is 0. The third-order valence-electron chi connectivity index (χ3n) is 2.59. The molecule has 1 aliphatic carbocycles. The first-order valence-electron chi connectivity index (χ1n) is 4.04. The van der Waals surface area contributed by atoms with Crippen LogP contribution < -0.4 is 0 Å². The molecule has 1 aromatic heterocycles. The molecule has 0 saturated heterocycles. The summed E-state index contributed by atoms with van der Waals surface area (Å²) in [6.07, 6.45) is 1.87. The lowest BCUT2D eigenvalue weighted by molar-refractivity contribution is 0.107. The topological polar surface area (TPSA) is 20.2 Å². The number of rotatable bonds is 2. The van der Waals surface area contributed by atoms with Crippen molar-refractivity contribution in [1.29, 1.82) is 0 Å². The Hall–Kier alpha value is -0.0500. The highest BCUT2D eigenvalue weighted by atomic mass is 35.5. The monoisotopic (exact) mass is 202 g/mol. The van der Waals surface area contributed by atoms with E-state index in [9.17, 15) is 5.11 Å². The second-order valence-corrected chi connectivity index (χ2v) is 5.04. The Kier molecular flexibility index (Phi) is 1.94. The van der Waals surface area contributed by atoms with Gasteiger partial charge in [0.15, 0.2) is 0 Å². The maximum Gasteiger partial charge on any atom is 0.0950 e. The molecule has 12 heavy (non-hydrogen) atoms. The molecule has 2 rings (SSSR count). The van der Waals surface area contributed by atoms with Gasteiger partial charge in [-0.15, -0.1) is 11.3 Å². The van der Waals surface area contributed by atoms with E-state index in [1.165, 1.54) is 0 Å². The average molecular weight is 203 g/mol. The molecule has 1 aromatic rings. The molecule has 3 heteroatoms. The zero-order valence-electron chi connectivity index (χ0n) is 6.88. The van der Waals surface area contributed by atoms with Gasteiger partial charge in [0.25, 0.3) is 0 Å². The summed E-state index contributed by atoms with van der Waals surface area (Å²) in [6.45, 7) is 2.10. The lowest BCUT2D eigenvalue weighted by Gasteiger charge is -2.15. The fourth-order valence-corrected chi connectivity index (χ4v) is 2.61. The minimum atomic E-state index is -0.356. The normalized spacial score (nSPS) is 22.2. The summed E-state index contributed by atoms with van der Waals surface area (Å²) in [7, 11) is 0. The van der Waals surface area contributed by atoms with Gasteiger partial charge in [-0.05, 0) is 29.7 Å². The predicted octanol–water partition coefficient (Wildman–Crippen LogP) is 3.24. The number of halogens is 1. The molecule has 0 spiro atoms. The molecule has 66 valence electrons. The summed E-state index contributed by atoms with van der Waals surface area (Å²) < 4.78 is 0.